The second kappa shape index (κ2) is 6.79. The number of tetrazole rings is 1. The van der Waals surface area contributed by atoms with Gasteiger partial charge in [0.05, 0.1) is 17.8 Å². The third-order valence-electron chi connectivity index (χ3n) is 4.78. The molecular weight excluding hydrogens is 386 g/mol. The van der Waals surface area contributed by atoms with Gasteiger partial charge >= 0.3 is 0 Å². The molecule has 4 heterocycles. The summed E-state index contributed by atoms with van der Waals surface area (Å²) >= 11 is 4.96. The molecule has 134 valence electrons. The highest BCUT2D eigenvalue weighted by atomic mass is 32.2. The Balaban J connectivity index is 1.36. The fraction of sp³-hybridized carbons (Fsp3) is 0.412. The van der Waals surface area contributed by atoms with E-state index in [0.717, 1.165) is 31.0 Å². The average molecular weight is 404 g/mol. The fourth-order valence-corrected chi connectivity index (χ4v) is 5.97. The molecule has 0 unspecified atom stereocenters. The first-order chi connectivity index (χ1) is 12.8. The molecule has 1 fully saturated rings. The summed E-state index contributed by atoms with van der Waals surface area (Å²) in [4.78, 5) is 17.7. The zero-order valence-corrected chi connectivity index (χ0v) is 16.4. The van der Waals surface area contributed by atoms with Crippen molar-refractivity contribution in [1.29, 1.82) is 0 Å². The van der Waals surface area contributed by atoms with Gasteiger partial charge in [0, 0.05) is 16.3 Å². The fourth-order valence-electron chi connectivity index (χ4n) is 3.38. The van der Waals surface area contributed by atoms with Crippen molar-refractivity contribution >= 4 is 40.3 Å². The molecule has 6 nitrogen and oxygen atoms in total. The molecule has 0 radical (unpaired) electrons. The monoisotopic (exact) mass is 403 g/mol. The first kappa shape index (κ1) is 16.5. The first-order valence-corrected chi connectivity index (χ1v) is 11.4. The Hall–Kier alpha value is -1.71. The van der Waals surface area contributed by atoms with E-state index in [2.05, 4.69) is 44.5 Å². The van der Waals surface area contributed by atoms with Gasteiger partial charge in [0.15, 0.2) is 0 Å². The van der Waals surface area contributed by atoms with Gasteiger partial charge in [-0.15, -0.1) is 27.8 Å². The second-order valence-corrected chi connectivity index (χ2v) is 9.40. The van der Waals surface area contributed by atoms with Crippen molar-refractivity contribution in [1.82, 2.24) is 25.1 Å². The quantitative estimate of drug-likeness (QED) is 0.611. The molecule has 5 rings (SSSR count). The molecule has 1 aliphatic carbocycles. The number of hydrogen-bond acceptors (Lipinski definition) is 7. The van der Waals surface area contributed by atoms with Crippen molar-refractivity contribution in [3.63, 3.8) is 0 Å². The number of hydrogen-bond donors (Lipinski definition) is 0. The van der Waals surface area contributed by atoms with Crippen molar-refractivity contribution in [2.75, 3.05) is 12.3 Å². The number of amides is 1. The molecule has 0 spiro atoms. The number of aromatic nitrogens is 4. The topological polar surface area (TPSA) is 63.9 Å². The van der Waals surface area contributed by atoms with Crippen molar-refractivity contribution < 1.29 is 4.79 Å². The summed E-state index contributed by atoms with van der Waals surface area (Å²) in [6.07, 6.45) is 3.19. The average Bonchev–Trinajstić information content (AvgIpc) is 3.11. The van der Waals surface area contributed by atoms with E-state index in [1.54, 1.807) is 22.7 Å². The number of thioether (sulfide) groups is 1. The molecule has 0 aromatic carbocycles. The molecular formula is C17H17N5OS3. The van der Waals surface area contributed by atoms with Crippen LogP contribution in [-0.2, 0) is 11.2 Å². The number of fused-ring (bicyclic) bond motifs is 1. The van der Waals surface area contributed by atoms with Gasteiger partial charge in [-0.1, -0.05) is 17.8 Å². The van der Waals surface area contributed by atoms with Crippen LogP contribution < -0.4 is 0 Å². The van der Waals surface area contributed by atoms with Gasteiger partial charge in [-0.05, 0) is 58.1 Å². The van der Waals surface area contributed by atoms with E-state index in [4.69, 9.17) is 0 Å². The van der Waals surface area contributed by atoms with Gasteiger partial charge in [-0.3, -0.25) is 4.79 Å². The molecule has 1 atom stereocenters. The summed E-state index contributed by atoms with van der Waals surface area (Å²) in [5.41, 5.74) is 1.28. The van der Waals surface area contributed by atoms with Crippen molar-refractivity contribution in [2.24, 2.45) is 0 Å². The summed E-state index contributed by atoms with van der Waals surface area (Å²) in [7, 11) is 0. The summed E-state index contributed by atoms with van der Waals surface area (Å²) in [6, 6.07) is 6.82. The van der Waals surface area contributed by atoms with E-state index < -0.39 is 0 Å². The van der Waals surface area contributed by atoms with Crippen LogP contribution in [0.25, 0.3) is 0 Å². The standard InChI is InChI=1S/C17H17N5OS3/c23-15(10-26-17-18-19-20-22(17)11-3-4-11)21-7-5-13-12(6-9-25-13)16(21)14-2-1-8-24-14/h1-2,6,8-9,11,16H,3-5,7,10H2/t16-/m1/s1. The van der Waals surface area contributed by atoms with Gasteiger partial charge in [-0.25, -0.2) is 4.68 Å². The Morgan fingerprint density at radius 3 is 3.00 bits per heavy atom. The number of nitrogens with zero attached hydrogens (tertiary/aromatic N) is 5. The Morgan fingerprint density at radius 2 is 2.19 bits per heavy atom. The zero-order valence-electron chi connectivity index (χ0n) is 13.9. The van der Waals surface area contributed by atoms with Crippen LogP contribution in [0.1, 0.15) is 40.2 Å². The first-order valence-electron chi connectivity index (χ1n) is 8.61. The Kier molecular flexibility index (Phi) is 4.30. The number of carbonyl (C=O) groups is 1. The van der Waals surface area contributed by atoms with Crippen LogP contribution in [0, 0.1) is 0 Å². The molecule has 26 heavy (non-hydrogen) atoms. The van der Waals surface area contributed by atoms with E-state index in [1.807, 2.05) is 9.58 Å². The third-order valence-corrected chi connectivity index (χ3v) is 7.62. The summed E-state index contributed by atoms with van der Waals surface area (Å²) in [5, 5.41) is 16.9. The largest absolute Gasteiger partial charge is 0.330 e. The van der Waals surface area contributed by atoms with Crippen LogP contribution in [-0.4, -0.2) is 43.3 Å². The lowest BCUT2D eigenvalue weighted by molar-refractivity contribution is -0.130. The Labute approximate surface area is 163 Å². The van der Waals surface area contributed by atoms with Crippen molar-refractivity contribution in [3.05, 3.63) is 44.3 Å². The van der Waals surface area contributed by atoms with Crippen LogP contribution in [0.15, 0.2) is 34.1 Å². The lowest BCUT2D eigenvalue weighted by Crippen LogP contribution is -2.40. The Morgan fingerprint density at radius 1 is 1.27 bits per heavy atom. The van der Waals surface area contributed by atoms with Crippen LogP contribution >= 0.6 is 34.4 Å². The maximum atomic E-state index is 13.1. The second-order valence-electron chi connectivity index (χ2n) is 6.48. The molecule has 3 aromatic rings. The lowest BCUT2D eigenvalue weighted by Gasteiger charge is -2.35. The molecule has 3 aromatic heterocycles. The SMILES string of the molecule is O=C(CSc1nnnn1C1CC1)N1CCc2sccc2[C@@H]1c1cccs1. The normalized spacial score (nSPS) is 19.5. The van der Waals surface area contributed by atoms with Gasteiger partial charge in [0.2, 0.25) is 11.1 Å². The van der Waals surface area contributed by atoms with E-state index in [1.165, 1.54) is 27.1 Å². The molecule has 1 saturated carbocycles. The smallest absolute Gasteiger partial charge is 0.233 e. The maximum Gasteiger partial charge on any atom is 0.233 e. The van der Waals surface area contributed by atoms with Gasteiger partial charge in [0.1, 0.15) is 0 Å². The minimum absolute atomic E-state index is 0.0394. The number of rotatable bonds is 5. The molecule has 9 heteroatoms. The van der Waals surface area contributed by atoms with Gasteiger partial charge in [-0.2, -0.15) is 0 Å². The van der Waals surface area contributed by atoms with Crippen LogP contribution in [0.3, 0.4) is 0 Å². The molecule has 1 aliphatic heterocycles. The van der Waals surface area contributed by atoms with Gasteiger partial charge < -0.3 is 4.90 Å². The van der Waals surface area contributed by atoms with Crippen LogP contribution in [0.4, 0.5) is 0 Å². The van der Waals surface area contributed by atoms with E-state index in [-0.39, 0.29) is 11.9 Å². The van der Waals surface area contributed by atoms with E-state index in [0.29, 0.717) is 11.8 Å². The zero-order chi connectivity index (χ0) is 17.5. The maximum absolute atomic E-state index is 13.1. The highest BCUT2D eigenvalue weighted by Gasteiger charge is 2.34. The van der Waals surface area contributed by atoms with Crippen molar-refractivity contribution in [3.8, 4) is 0 Å². The highest BCUT2D eigenvalue weighted by Crippen LogP contribution is 2.40. The summed E-state index contributed by atoms with van der Waals surface area (Å²) < 4.78 is 1.86. The predicted molar refractivity (Wildman–Crippen MR) is 103 cm³/mol. The number of carbonyl (C=O) groups excluding carboxylic acids is 1. The summed E-state index contributed by atoms with van der Waals surface area (Å²) in [5.74, 6) is 0.518. The summed E-state index contributed by atoms with van der Waals surface area (Å²) in [6.45, 7) is 0.767. The Bertz CT molecular complexity index is 915. The highest BCUT2D eigenvalue weighted by molar-refractivity contribution is 7.99. The number of thiophene rings is 2. The molecule has 2 aliphatic rings. The van der Waals surface area contributed by atoms with E-state index in [9.17, 15) is 4.79 Å². The van der Waals surface area contributed by atoms with Crippen LogP contribution in [0.5, 0.6) is 0 Å². The minimum Gasteiger partial charge on any atom is -0.330 e. The third kappa shape index (κ3) is 2.97. The van der Waals surface area contributed by atoms with Gasteiger partial charge in [0.25, 0.3) is 0 Å². The molecule has 0 bridgehead atoms. The molecule has 1 amide bonds. The molecule has 0 saturated heterocycles. The molecule has 0 N–H and O–H groups in total. The lowest BCUT2D eigenvalue weighted by atomic mass is 9.98. The van der Waals surface area contributed by atoms with Crippen molar-refractivity contribution in [2.45, 2.75) is 36.5 Å². The van der Waals surface area contributed by atoms with Crippen LogP contribution in [0.2, 0.25) is 0 Å². The van der Waals surface area contributed by atoms with E-state index >= 15 is 0 Å². The minimum atomic E-state index is 0.0394. The predicted octanol–water partition coefficient (Wildman–Crippen LogP) is 3.40.